The molecule has 0 saturated heterocycles. The van der Waals surface area contributed by atoms with E-state index in [0.29, 0.717) is 25.6 Å². The standard InChI is InChI=1S/C29H45NO6/c1-6-8-10-11-13-24(3)29(28(36-23-33-4)15-12-20-30(31)32)26(14-9-7-2)22-35-21-25-16-18-27(34-5)19-17-25/h7,9,12,14,16-20,24,26,28-29H,2,6,8,10-11,13,15,21-23H2,1,3-5H3/b14-9+,20-12+/t24-,26-,28-,29-/m1/s1. The quantitative estimate of drug-likeness (QED) is 0.0593. The lowest BCUT2D eigenvalue weighted by Crippen LogP contribution is -2.37. The molecule has 0 aliphatic rings. The van der Waals surface area contributed by atoms with E-state index in [-0.39, 0.29) is 24.7 Å². The van der Waals surface area contributed by atoms with Crippen molar-refractivity contribution in [1.82, 2.24) is 0 Å². The molecular weight excluding hydrogens is 458 g/mol. The Kier molecular flexibility index (Phi) is 17.2. The molecule has 1 aromatic rings. The van der Waals surface area contributed by atoms with Crippen LogP contribution in [0.5, 0.6) is 5.75 Å². The first-order chi connectivity index (χ1) is 17.5. The molecule has 0 bridgehead atoms. The molecule has 7 nitrogen and oxygen atoms in total. The van der Waals surface area contributed by atoms with Crippen LogP contribution in [-0.2, 0) is 20.8 Å². The van der Waals surface area contributed by atoms with Gasteiger partial charge < -0.3 is 18.9 Å². The highest BCUT2D eigenvalue weighted by Crippen LogP contribution is 2.34. The van der Waals surface area contributed by atoms with Gasteiger partial charge in [0, 0.05) is 13.0 Å². The molecule has 202 valence electrons. The maximum atomic E-state index is 10.9. The Labute approximate surface area is 217 Å². The van der Waals surface area contributed by atoms with Gasteiger partial charge in [-0.05, 0) is 42.0 Å². The molecule has 0 aliphatic carbocycles. The third kappa shape index (κ3) is 13.0. The molecule has 4 atom stereocenters. The molecule has 0 spiro atoms. The van der Waals surface area contributed by atoms with E-state index < -0.39 is 4.92 Å². The normalized spacial score (nSPS) is 15.1. The molecule has 1 aromatic carbocycles. The van der Waals surface area contributed by atoms with Crippen molar-refractivity contribution in [2.24, 2.45) is 17.8 Å². The minimum Gasteiger partial charge on any atom is -0.497 e. The van der Waals surface area contributed by atoms with E-state index >= 15 is 0 Å². The zero-order valence-corrected chi connectivity index (χ0v) is 22.5. The van der Waals surface area contributed by atoms with E-state index in [4.69, 9.17) is 18.9 Å². The van der Waals surface area contributed by atoms with Gasteiger partial charge in [-0.25, -0.2) is 0 Å². The average molecular weight is 504 g/mol. The lowest BCUT2D eigenvalue weighted by atomic mass is 9.75. The Morgan fingerprint density at radius 1 is 1.14 bits per heavy atom. The lowest BCUT2D eigenvalue weighted by Gasteiger charge is -2.36. The summed E-state index contributed by atoms with van der Waals surface area (Å²) in [5.41, 5.74) is 1.06. The van der Waals surface area contributed by atoms with Crippen molar-refractivity contribution >= 4 is 0 Å². The SMILES string of the molecule is C=C/C=C/[C@H](COCc1ccc(OC)cc1)[C@@H]([C@H](C)CCCCCC)[C@@H](C/C=C/[N+](=O)[O-])OCOC. The van der Waals surface area contributed by atoms with Crippen LogP contribution in [0.2, 0.25) is 0 Å². The van der Waals surface area contributed by atoms with Gasteiger partial charge in [0.15, 0.2) is 0 Å². The summed E-state index contributed by atoms with van der Waals surface area (Å²) < 4.78 is 22.7. The third-order valence-electron chi connectivity index (χ3n) is 6.32. The molecule has 1 rings (SSSR count). The molecule has 0 saturated carbocycles. The van der Waals surface area contributed by atoms with Crippen LogP contribution in [0.15, 0.2) is 61.3 Å². The van der Waals surface area contributed by atoms with Crippen molar-refractivity contribution in [2.75, 3.05) is 27.6 Å². The Morgan fingerprint density at radius 3 is 2.50 bits per heavy atom. The predicted molar refractivity (Wildman–Crippen MR) is 144 cm³/mol. The van der Waals surface area contributed by atoms with Gasteiger partial charge in [-0.1, -0.05) is 82.9 Å². The summed E-state index contributed by atoms with van der Waals surface area (Å²) in [5.74, 6) is 1.23. The molecule has 0 radical (unpaired) electrons. The van der Waals surface area contributed by atoms with E-state index in [1.165, 1.54) is 19.3 Å². The molecule has 0 N–H and O–H groups in total. The van der Waals surface area contributed by atoms with E-state index in [2.05, 4.69) is 26.5 Å². The van der Waals surface area contributed by atoms with Crippen molar-refractivity contribution in [2.45, 2.75) is 65.1 Å². The van der Waals surface area contributed by atoms with Gasteiger partial charge in [0.05, 0.1) is 31.4 Å². The fraction of sp³-hybridized carbons (Fsp3) is 0.586. The Morgan fingerprint density at radius 2 is 1.89 bits per heavy atom. The molecule has 0 aliphatic heterocycles. The number of ether oxygens (including phenoxy) is 4. The number of nitro groups is 1. The Bertz CT molecular complexity index is 776. The summed E-state index contributed by atoms with van der Waals surface area (Å²) in [7, 11) is 3.23. The minimum absolute atomic E-state index is 0.0354. The van der Waals surface area contributed by atoms with Crippen LogP contribution in [0.1, 0.15) is 57.9 Å². The van der Waals surface area contributed by atoms with Gasteiger partial charge in [-0.15, -0.1) is 0 Å². The second kappa shape index (κ2) is 19.7. The van der Waals surface area contributed by atoms with Crippen molar-refractivity contribution in [3.63, 3.8) is 0 Å². The molecular formula is C29H45NO6. The highest BCUT2D eigenvalue weighted by atomic mass is 16.7. The van der Waals surface area contributed by atoms with E-state index in [0.717, 1.165) is 30.4 Å². The van der Waals surface area contributed by atoms with Gasteiger partial charge in [0.1, 0.15) is 12.5 Å². The number of nitrogens with zero attached hydrogens (tertiary/aromatic N) is 1. The first-order valence-corrected chi connectivity index (χ1v) is 12.9. The summed E-state index contributed by atoms with van der Waals surface area (Å²) in [6, 6.07) is 7.83. The summed E-state index contributed by atoms with van der Waals surface area (Å²) >= 11 is 0. The van der Waals surface area contributed by atoms with Gasteiger partial charge >= 0.3 is 0 Å². The highest BCUT2D eigenvalue weighted by Gasteiger charge is 2.33. The number of hydrogen-bond donors (Lipinski definition) is 0. The first-order valence-electron chi connectivity index (χ1n) is 12.9. The molecule has 0 aromatic heterocycles. The van der Waals surface area contributed by atoms with Crippen LogP contribution < -0.4 is 4.74 Å². The topological polar surface area (TPSA) is 80.1 Å². The lowest BCUT2D eigenvalue weighted by molar-refractivity contribution is -0.402. The average Bonchev–Trinajstić information content (AvgIpc) is 2.87. The zero-order chi connectivity index (χ0) is 26.6. The molecule has 0 unspecified atom stereocenters. The van der Waals surface area contributed by atoms with Gasteiger partial charge in [-0.2, -0.15) is 0 Å². The summed E-state index contributed by atoms with van der Waals surface area (Å²) in [6.45, 7) is 9.38. The Balaban J connectivity index is 3.11. The Hall–Kier alpha value is -2.48. The fourth-order valence-electron chi connectivity index (χ4n) is 4.47. The molecule has 0 heterocycles. The van der Waals surface area contributed by atoms with Gasteiger partial charge in [0.25, 0.3) is 0 Å². The summed E-state index contributed by atoms with van der Waals surface area (Å²) in [4.78, 5) is 10.5. The number of unbranched alkanes of at least 4 members (excludes halogenated alkanes) is 3. The second-order valence-corrected chi connectivity index (χ2v) is 9.07. The molecule has 0 amide bonds. The molecule has 36 heavy (non-hydrogen) atoms. The second-order valence-electron chi connectivity index (χ2n) is 9.07. The van der Waals surface area contributed by atoms with Crippen LogP contribution in [-0.4, -0.2) is 38.6 Å². The number of benzene rings is 1. The number of methoxy groups -OCH3 is 2. The number of hydrogen-bond acceptors (Lipinski definition) is 6. The van der Waals surface area contributed by atoms with Crippen LogP contribution in [0, 0.1) is 27.9 Å². The monoisotopic (exact) mass is 503 g/mol. The number of allylic oxidation sites excluding steroid dienone is 2. The van der Waals surface area contributed by atoms with E-state index in [1.807, 2.05) is 30.3 Å². The third-order valence-corrected chi connectivity index (χ3v) is 6.32. The van der Waals surface area contributed by atoms with Gasteiger partial charge in [-0.3, -0.25) is 10.1 Å². The largest absolute Gasteiger partial charge is 0.497 e. The van der Waals surface area contributed by atoms with E-state index in [1.54, 1.807) is 26.4 Å². The smallest absolute Gasteiger partial charge is 0.230 e. The maximum absolute atomic E-state index is 10.9. The van der Waals surface area contributed by atoms with Crippen LogP contribution in [0.4, 0.5) is 0 Å². The highest BCUT2D eigenvalue weighted by molar-refractivity contribution is 5.26. The van der Waals surface area contributed by atoms with E-state index in [9.17, 15) is 10.1 Å². The van der Waals surface area contributed by atoms with Crippen molar-refractivity contribution < 1.29 is 23.9 Å². The minimum atomic E-state index is -0.441. The summed E-state index contributed by atoms with van der Waals surface area (Å²) in [6.07, 6.45) is 14.3. The summed E-state index contributed by atoms with van der Waals surface area (Å²) in [5, 5.41) is 10.9. The first kappa shape index (κ1) is 31.5. The maximum Gasteiger partial charge on any atom is 0.230 e. The molecule has 0 fully saturated rings. The fourth-order valence-corrected chi connectivity index (χ4v) is 4.47. The predicted octanol–water partition coefficient (Wildman–Crippen LogP) is 6.96. The van der Waals surface area contributed by atoms with Crippen LogP contribution >= 0.6 is 0 Å². The van der Waals surface area contributed by atoms with Crippen molar-refractivity contribution in [1.29, 1.82) is 0 Å². The number of rotatable bonds is 21. The van der Waals surface area contributed by atoms with Crippen LogP contribution in [0.3, 0.4) is 0 Å². The van der Waals surface area contributed by atoms with Crippen LogP contribution in [0.25, 0.3) is 0 Å². The van der Waals surface area contributed by atoms with Crippen molar-refractivity contribution in [3.8, 4) is 5.75 Å². The molecule has 7 heteroatoms. The van der Waals surface area contributed by atoms with Crippen molar-refractivity contribution in [3.05, 3.63) is 77.0 Å². The van der Waals surface area contributed by atoms with Gasteiger partial charge in [0.2, 0.25) is 6.20 Å². The zero-order valence-electron chi connectivity index (χ0n) is 22.5.